The molecule has 0 unspecified atom stereocenters. The lowest BCUT2D eigenvalue weighted by molar-refractivity contribution is -0.150. The second-order valence-electron chi connectivity index (χ2n) is 7.90. The van der Waals surface area contributed by atoms with Crippen molar-refractivity contribution in [1.29, 1.82) is 5.41 Å². The van der Waals surface area contributed by atoms with Crippen LogP contribution in [0, 0.1) is 5.41 Å². The molecule has 0 aliphatic carbocycles. The number of aliphatic hydroxyl groups excluding tert-OH is 1. The van der Waals surface area contributed by atoms with Crippen LogP contribution < -0.4 is 16.5 Å². The number of nitrogens with two attached hydrogens (primary N) is 1. The number of nitrogens with one attached hydrogen (secondary N) is 2. The van der Waals surface area contributed by atoms with Gasteiger partial charge in [-0.1, -0.05) is 5.16 Å². The zero-order chi connectivity index (χ0) is 29.8. The third-order valence-electron chi connectivity index (χ3n) is 5.36. The summed E-state index contributed by atoms with van der Waals surface area (Å²) in [7, 11) is -3.40. The average molecular weight is 621 g/mol. The van der Waals surface area contributed by atoms with Crippen LogP contribution in [-0.2, 0) is 42.7 Å². The summed E-state index contributed by atoms with van der Waals surface area (Å²) in [6.45, 7) is 0.108. The topological polar surface area (TPSA) is 276 Å². The van der Waals surface area contributed by atoms with E-state index in [4.69, 9.17) is 33.5 Å². The number of amides is 2. The quantitative estimate of drug-likeness (QED) is 0.0688. The number of carboxylic acid groups (broad SMARTS) is 1. The summed E-state index contributed by atoms with van der Waals surface area (Å²) in [6, 6.07) is 0.567. The molecule has 2 atom stereocenters. The van der Waals surface area contributed by atoms with Gasteiger partial charge in [-0.15, -0.1) is 23.1 Å². The van der Waals surface area contributed by atoms with Crippen LogP contribution >= 0.6 is 23.1 Å². The molecule has 4 heterocycles. The summed E-state index contributed by atoms with van der Waals surface area (Å²) < 4.78 is 34.7. The Morgan fingerprint density at radius 3 is 2.60 bits per heavy atom. The number of β-lactam (4-membered cyclic amide) rings is 1. The Labute approximate surface area is 233 Å². The Morgan fingerprint density at radius 2 is 2.05 bits per heavy atom. The number of aliphatic carboxylic acids is 1. The molecule has 8 N–H and O–H groups in total. The van der Waals surface area contributed by atoms with Crippen molar-refractivity contribution in [2.75, 3.05) is 25.2 Å². The summed E-state index contributed by atoms with van der Waals surface area (Å²) in [5.74, 6) is -2.26. The smallest absolute Gasteiger partial charge is 0.394 e. The van der Waals surface area contributed by atoms with Crippen molar-refractivity contribution in [2.45, 2.75) is 24.5 Å². The van der Waals surface area contributed by atoms with Crippen LogP contribution in [0.25, 0.3) is 0 Å². The lowest BCUT2D eigenvalue weighted by atomic mass is 10.0. The van der Waals surface area contributed by atoms with Crippen LogP contribution in [0.15, 0.2) is 34.1 Å². The number of aliphatic hydroxyl groups is 1. The maximum atomic E-state index is 13.0. The SMILES string of the molecule is CO/N=C(\C(=O)N[C@@H]1C(=O)N2C(C(=O)O)=C(Cn3ccc(=N)n3CCO)CS[C@H]12)c1csc(N)n1.O=S(=O)(O)O. The number of carbonyl (C=O) groups excluding carboxylic acids is 2. The Kier molecular flexibility index (Phi) is 9.70. The molecule has 218 valence electrons. The van der Waals surface area contributed by atoms with Crippen molar-refractivity contribution in [3.8, 4) is 0 Å². The first-order chi connectivity index (χ1) is 18.8. The minimum absolute atomic E-state index is 0.122. The van der Waals surface area contributed by atoms with E-state index in [1.54, 1.807) is 10.9 Å². The maximum absolute atomic E-state index is 13.0. The van der Waals surface area contributed by atoms with E-state index in [1.807, 2.05) is 0 Å². The third kappa shape index (κ3) is 7.05. The molecule has 0 bridgehead atoms. The van der Waals surface area contributed by atoms with Gasteiger partial charge in [-0.05, 0) is 11.6 Å². The summed E-state index contributed by atoms with van der Waals surface area (Å²) in [6.07, 6.45) is 1.62. The van der Waals surface area contributed by atoms with Crippen LogP contribution in [-0.4, -0.2) is 101 Å². The van der Waals surface area contributed by atoms with Gasteiger partial charge in [0.1, 0.15) is 35.4 Å². The van der Waals surface area contributed by atoms with Gasteiger partial charge in [0.25, 0.3) is 11.8 Å². The molecule has 1 saturated heterocycles. The van der Waals surface area contributed by atoms with Gasteiger partial charge in [0.05, 0.1) is 19.7 Å². The highest BCUT2D eigenvalue weighted by Crippen LogP contribution is 2.40. The highest BCUT2D eigenvalue weighted by molar-refractivity contribution is 8.00. The van der Waals surface area contributed by atoms with Crippen LogP contribution in [0.3, 0.4) is 0 Å². The second-order valence-corrected chi connectivity index (χ2v) is 10.8. The third-order valence-corrected chi connectivity index (χ3v) is 7.37. The fraction of sp³-hybridized carbons (Fsp3) is 0.368. The summed E-state index contributed by atoms with van der Waals surface area (Å²) >= 11 is 2.43. The Hall–Kier alpha value is -3.76. The van der Waals surface area contributed by atoms with Gasteiger partial charge in [-0.2, -0.15) is 8.42 Å². The van der Waals surface area contributed by atoms with E-state index in [1.165, 1.54) is 35.0 Å². The molecular formula is C19H24N8O10S3. The Balaban J connectivity index is 0.000000810. The van der Waals surface area contributed by atoms with E-state index < -0.39 is 39.6 Å². The van der Waals surface area contributed by atoms with Gasteiger partial charge >= 0.3 is 16.4 Å². The largest absolute Gasteiger partial charge is 0.477 e. The maximum Gasteiger partial charge on any atom is 0.394 e. The molecule has 40 heavy (non-hydrogen) atoms. The predicted octanol–water partition coefficient (Wildman–Crippen LogP) is -2.06. The molecule has 0 aromatic carbocycles. The van der Waals surface area contributed by atoms with Crippen LogP contribution in [0.4, 0.5) is 5.13 Å². The van der Waals surface area contributed by atoms with Crippen molar-refractivity contribution < 1.29 is 47.0 Å². The van der Waals surface area contributed by atoms with E-state index in [2.05, 4.69) is 15.5 Å². The molecule has 1 fully saturated rings. The number of hydrogen-bond acceptors (Lipinski definition) is 13. The number of thioether (sulfide) groups is 1. The highest BCUT2D eigenvalue weighted by Gasteiger charge is 2.54. The molecule has 4 rings (SSSR count). The molecule has 0 spiro atoms. The number of fused-ring (bicyclic) bond motifs is 1. The predicted molar refractivity (Wildman–Crippen MR) is 139 cm³/mol. The molecule has 2 aromatic rings. The molecule has 2 aliphatic heterocycles. The lowest BCUT2D eigenvalue weighted by Gasteiger charge is -2.49. The van der Waals surface area contributed by atoms with Crippen molar-refractivity contribution in [2.24, 2.45) is 5.16 Å². The lowest BCUT2D eigenvalue weighted by Crippen LogP contribution is -2.71. The summed E-state index contributed by atoms with van der Waals surface area (Å²) in [5.41, 5.74) is 6.14. The zero-order valence-electron chi connectivity index (χ0n) is 20.5. The van der Waals surface area contributed by atoms with Gasteiger partial charge in [0, 0.05) is 17.3 Å². The van der Waals surface area contributed by atoms with E-state index in [9.17, 15) is 24.6 Å². The van der Waals surface area contributed by atoms with Crippen LogP contribution in [0.5, 0.6) is 0 Å². The number of oxime groups is 1. The number of aromatic nitrogens is 3. The van der Waals surface area contributed by atoms with Crippen molar-refractivity contribution >= 4 is 62.1 Å². The summed E-state index contributed by atoms with van der Waals surface area (Å²) in [4.78, 5) is 47.8. The van der Waals surface area contributed by atoms with Gasteiger partial charge < -0.3 is 26.1 Å². The number of nitrogen functional groups attached to an aromatic ring is 1. The minimum atomic E-state index is -4.67. The van der Waals surface area contributed by atoms with Gasteiger partial charge in [0.15, 0.2) is 10.8 Å². The second kappa shape index (κ2) is 12.6. The van der Waals surface area contributed by atoms with Crippen LogP contribution in [0.1, 0.15) is 5.69 Å². The monoisotopic (exact) mass is 620 g/mol. The first-order valence-corrected chi connectivity index (χ1v) is 14.2. The van der Waals surface area contributed by atoms with Crippen molar-refractivity contribution in [3.63, 3.8) is 0 Å². The van der Waals surface area contributed by atoms with E-state index in [0.717, 1.165) is 16.2 Å². The number of thiazole rings is 1. The van der Waals surface area contributed by atoms with Gasteiger partial charge in [0.2, 0.25) is 0 Å². The first-order valence-electron chi connectivity index (χ1n) is 10.9. The van der Waals surface area contributed by atoms with E-state index in [0.29, 0.717) is 5.57 Å². The number of hydrogen-bond donors (Lipinski definition) is 7. The zero-order valence-corrected chi connectivity index (χ0v) is 22.9. The molecule has 0 radical (unpaired) electrons. The fourth-order valence-corrected chi connectivity index (χ4v) is 5.73. The Morgan fingerprint density at radius 1 is 1.38 bits per heavy atom. The molecular weight excluding hydrogens is 596 g/mol. The number of carboxylic acids is 1. The molecule has 18 nitrogen and oxygen atoms in total. The Bertz CT molecular complexity index is 1520. The summed E-state index contributed by atoms with van der Waals surface area (Å²) in [5, 5.41) is 34.5. The normalized spacial score (nSPS) is 18.9. The first kappa shape index (κ1) is 30.8. The van der Waals surface area contributed by atoms with Crippen LogP contribution in [0.2, 0.25) is 0 Å². The highest BCUT2D eigenvalue weighted by atomic mass is 32.3. The standard InChI is InChI=1S/C19H22N8O6S2.H2O4S/c1-33-24-12(10-8-35-19(21)22-10)15(29)23-13-16(30)27-14(18(31)32)9(7-34-17(13)27)6-25-3-2-11(20)26(25)4-5-28;1-5(2,3)4/h2-3,8,13,17,20,28H,4-7H2,1H3,(H2,21,22)(H,23,29)(H,31,32);(H2,1,2,3,4)/b20-11?,24-12-;/t13-,17-;/m1./s1. The van der Waals surface area contributed by atoms with E-state index in [-0.39, 0.29) is 53.2 Å². The molecule has 2 aromatic heterocycles. The molecule has 21 heteroatoms. The number of nitrogens with zero attached hydrogens (tertiary/aromatic N) is 5. The number of anilines is 1. The van der Waals surface area contributed by atoms with Crippen molar-refractivity contribution in [1.82, 2.24) is 24.6 Å². The van der Waals surface area contributed by atoms with Gasteiger partial charge in [-0.25, -0.2) is 9.78 Å². The van der Waals surface area contributed by atoms with Gasteiger partial charge in [-0.3, -0.25) is 38.4 Å². The van der Waals surface area contributed by atoms with Crippen molar-refractivity contribution in [3.05, 3.63) is 40.1 Å². The number of rotatable bonds is 9. The molecule has 2 amide bonds. The average Bonchev–Trinajstić information content (AvgIpc) is 3.45. The number of carbonyl (C=O) groups is 3. The molecule has 0 saturated carbocycles. The van der Waals surface area contributed by atoms with E-state index >= 15 is 0 Å². The molecule has 2 aliphatic rings. The minimum Gasteiger partial charge on any atom is -0.477 e. The fourth-order valence-electron chi connectivity index (χ4n) is 3.85.